The van der Waals surface area contributed by atoms with Gasteiger partial charge in [0, 0.05) is 13.1 Å². The lowest BCUT2D eigenvalue weighted by atomic mass is 10.1. The summed E-state index contributed by atoms with van der Waals surface area (Å²) in [5.74, 6) is -0.0648. The average Bonchev–Trinajstić information content (AvgIpc) is 2.79. The third-order valence-corrected chi connectivity index (χ3v) is 4.93. The number of carboxylic acids is 1. The number of benzene rings is 2. The molecule has 2 aromatic carbocycles. The number of alkyl carbamates (subject to hydrolysis) is 1. The molecule has 0 fully saturated rings. The molecule has 7 nitrogen and oxygen atoms in total. The smallest absolute Gasteiger partial charge is 0.407 e. The van der Waals surface area contributed by atoms with Crippen molar-refractivity contribution in [3.63, 3.8) is 0 Å². The Kier molecular flexibility index (Phi) is 11.1. The van der Waals surface area contributed by atoms with Crippen molar-refractivity contribution in [2.24, 2.45) is 0 Å². The van der Waals surface area contributed by atoms with Gasteiger partial charge in [-0.25, -0.2) is 4.79 Å². The summed E-state index contributed by atoms with van der Waals surface area (Å²) < 4.78 is 11.3. The predicted molar refractivity (Wildman–Crippen MR) is 124 cm³/mol. The highest BCUT2D eigenvalue weighted by molar-refractivity contribution is 5.73. The zero-order valence-electron chi connectivity index (χ0n) is 18.9. The maximum absolute atomic E-state index is 11.9. The largest absolute Gasteiger partial charge is 0.489 e. The van der Waals surface area contributed by atoms with Crippen LogP contribution in [0.4, 0.5) is 4.79 Å². The lowest BCUT2D eigenvalue weighted by molar-refractivity contribution is -0.139. The van der Waals surface area contributed by atoms with Crippen molar-refractivity contribution < 1.29 is 24.2 Å². The summed E-state index contributed by atoms with van der Waals surface area (Å²) in [6.45, 7) is 5.07. The monoisotopic (exact) mass is 442 g/mol. The first-order valence-corrected chi connectivity index (χ1v) is 11.1. The zero-order valence-corrected chi connectivity index (χ0v) is 18.9. The minimum atomic E-state index is -0.839. The van der Waals surface area contributed by atoms with Crippen molar-refractivity contribution in [3.8, 4) is 5.75 Å². The molecule has 2 atom stereocenters. The van der Waals surface area contributed by atoms with Gasteiger partial charge in [0.2, 0.25) is 0 Å². The van der Waals surface area contributed by atoms with E-state index in [9.17, 15) is 14.7 Å². The maximum Gasteiger partial charge on any atom is 0.407 e. The lowest BCUT2D eigenvalue weighted by Gasteiger charge is -2.20. The second-order valence-electron chi connectivity index (χ2n) is 7.72. The molecule has 2 aromatic rings. The first kappa shape index (κ1) is 25.2. The molecule has 1 amide bonds. The number of nitrogens with one attached hydrogen (secondary N) is 2. The molecule has 0 aliphatic rings. The summed E-state index contributed by atoms with van der Waals surface area (Å²) in [4.78, 5) is 23.1. The molecule has 174 valence electrons. The minimum Gasteiger partial charge on any atom is -0.489 e. The molecule has 0 bridgehead atoms. The number of carboxylic acid groups (broad SMARTS) is 1. The number of carbonyl (C=O) groups is 2. The van der Waals surface area contributed by atoms with Gasteiger partial charge >= 0.3 is 12.1 Å². The van der Waals surface area contributed by atoms with E-state index in [1.807, 2.05) is 68.4 Å². The van der Waals surface area contributed by atoms with Crippen LogP contribution < -0.4 is 15.4 Å². The molecule has 0 spiro atoms. The van der Waals surface area contributed by atoms with Crippen LogP contribution in [0.5, 0.6) is 5.75 Å². The maximum atomic E-state index is 11.9. The van der Waals surface area contributed by atoms with Crippen molar-refractivity contribution in [2.75, 3.05) is 13.1 Å². The van der Waals surface area contributed by atoms with Gasteiger partial charge < -0.3 is 25.2 Å². The van der Waals surface area contributed by atoms with Crippen LogP contribution in [0.2, 0.25) is 0 Å². The lowest BCUT2D eigenvalue weighted by Crippen LogP contribution is -2.41. The Labute approximate surface area is 190 Å². The van der Waals surface area contributed by atoms with Gasteiger partial charge in [-0.2, -0.15) is 0 Å². The number of para-hydroxylation sites is 1. The summed E-state index contributed by atoms with van der Waals surface area (Å²) >= 11 is 0. The fourth-order valence-corrected chi connectivity index (χ4v) is 3.24. The van der Waals surface area contributed by atoms with Gasteiger partial charge in [0.05, 0.1) is 0 Å². The Morgan fingerprint density at radius 1 is 1.06 bits per heavy atom. The van der Waals surface area contributed by atoms with Crippen LogP contribution in [0, 0.1) is 0 Å². The van der Waals surface area contributed by atoms with Gasteiger partial charge in [-0.05, 0) is 43.4 Å². The van der Waals surface area contributed by atoms with E-state index < -0.39 is 18.1 Å². The van der Waals surface area contributed by atoms with Crippen LogP contribution >= 0.6 is 0 Å². The molecule has 0 aliphatic carbocycles. The van der Waals surface area contributed by atoms with Crippen LogP contribution in [0.15, 0.2) is 54.6 Å². The van der Waals surface area contributed by atoms with Crippen molar-refractivity contribution in [1.82, 2.24) is 10.6 Å². The molecule has 7 heteroatoms. The number of carbonyl (C=O) groups excluding carboxylic acids is 1. The van der Waals surface area contributed by atoms with E-state index in [-0.39, 0.29) is 12.7 Å². The van der Waals surface area contributed by atoms with E-state index >= 15 is 0 Å². The Hall–Kier alpha value is -3.06. The second-order valence-corrected chi connectivity index (χ2v) is 7.72. The summed E-state index contributed by atoms with van der Waals surface area (Å²) in [5, 5.41) is 15.1. The standard InChI is InChI=1S/C25H34N2O5/c1-3-10-22(24(28)29)27-17-19(2)32-23-15-8-7-13-21(23)14-9-16-26-25(30)31-18-20-11-5-4-6-12-20/h4-8,11-13,15,19,22,27H,3,9-10,14,16-18H2,1-2H3,(H,26,30)(H,28,29)/t19-,22+/m1/s1. The Balaban J connectivity index is 1.73. The highest BCUT2D eigenvalue weighted by atomic mass is 16.5. The quantitative estimate of drug-likeness (QED) is 0.380. The van der Waals surface area contributed by atoms with E-state index in [0.717, 1.165) is 36.1 Å². The molecule has 0 saturated heterocycles. The predicted octanol–water partition coefficient (Wildman–Crippen LogP) is 4.16. The van der Waals surface area contributed by atoms with E-state index in [4.69, 9.17) is 9.47 Å². The summed E-state index contributed by atoms with van der Waals surface area (Å²) in [7, 11) is 0. The molecule has 0 saturated carbocycles. The molecule has 0 aromatic heterocycles. The minimum absolute atomic E-state index is 0.180. The number of rotatable bonds is 14. The van der Waals surface area contributed by atoms with Crippen LogP contribution in [0.25, 0.3) is 0 Å². The first-order valence-electron chi connectivity index (χ1n) is 11.1. The van der Waals surface area contributed by atoms with Gasteiger partial charge in [0.1, 0.15) is 24.5 Å². The van der Waals surface area contributed by atoms with Gasteiger partial charge in [0.15, 0.2) is 0 Å². The van der Waals surface area contributed by atoms with Crippen LogP contribution in [0.3, 0.4) is 0 Å². The summed E-state index contributed by atoms with van der Waals surface area (Å²) in [6.07, 6.45) is 2.25. The number of aryl methyl sites for hydroxylation is 1. The highest BCUT2D eigenvalue weighted by Gasteiger charge is 2.17. The van der Waals surface area contributed by atoms with Crippen molar-refractivity contribution in [1.29, 1.82) is 0 Å². The fourth-order valence-electron chi connectivity index (χ4n) is 3.24. The van der Waals surface area contributed by atoms with E-state index in [1.54, 1.807) is 0 Å². The van der Waals surface area contributed by atoms with E-state index in [1.165, 1.54) is 0 Å². The SMILES string of the molecule is CCC[C@H](NC[C@@H](C)Oc1ccccc1CCCNC(=O)OCc1ccccc1)C(=O)O. The van der Waals surface area contributed by atoms with E-state index in [2.05, 4.69) is 10.6 Å². The highest BCUT2D eigenvalue weighted by Crippen LogP contribution is 2.20. The molecular weight excluding hydrogens is 408 g/mol. The van der Waals surface area contributed by atoms with Crippen molar-refractivity contribution in [3.05, 3.63) is 65.7 Å². The second kappa shape index (κ2) is 14.1. The van der Waals surface area contributed by atoms with Gasteiger partial charge in [-0.15, -0.1) is 0 Å². The fraction of sp³-hybridized carbons (Fsp3) is 0.440. The van der Waals surface area contributed by atoms with E-state index in [0.29, 0.717) is 19.5 Å². The normalized spacial score (nSPS) is 12.6. The van der Waals surface area contributed by atoms with Crippen molar-refractivity contribution in [2.45, 2.75) is 58.3 Å². The number of amides is 1. The number of ether oxygens (including phenoxy) is 2. The average molecular weight is 443 g/mol. The first-order chi connectivity index (χ1) is 15.5. The molecule has 0 heterocycles. The Morgan fingerprint density at radius 3 is 2.50 bits per heavy atom. The molecule has 0 aliphatic heterocycles. The number of aliphatic carboxylic acids is 1. The Bertz CT molecular complexity index is 828. The van der Waals surface area contributed by atoms with Crippen molar-refractivity contribution >= 4 is 12.1 Å². The molecule has 2 rings (SSSR count). The third-order valence-electron chi connectivity index (χ3n) is 4.93. The molecule has 32 heavy (non-hydrogen) atoms. The molecule has 0 radical (unpaired) electrons. The van der Waals surface area contributed by atoms with Gasteiger partial charge in [-0.3, -0.25) is 4.79 Å². The third kappa shape index (κ3) is 9.39. The molecular formula is C25H34N2O5. The van der Waals surface area contributed by atoms with Gasteiger partial charge in [0.25, 0.3) is 0 Å². The summed E-state index contributed by atoms with van der Waals surface area (Å²) in [6, 6.07) is 16.8. The zero-order chi connectivity index (χ0) is 23.2. The van der Waals surface area contributed by atoms with Crippen LogP contribution in [-0.4, -0.2) is 42.4 Å². The topological polar surface area (TPSA) is 96.9 Å². The number of hydrogen-bond donors (Lipinski definition) is 3. The number of hydrogen-bond acceptors (Lipinski definition) is 5. The molecule has 3 N–H and O–H groups in total. The van der Waals surface area contributed by atoms with Crippen LogP contribution in [-0.2, 0) is 22.6 Å². The van der Waals surface area contributed by atoms with Crippen LogP contribution in [0.1, 0.15) is 44.2 Å². The van der Waals surface area contributed by atoms with Gasteiger partial charge in [-0.1, -0.05) is 61.9 Å². The molecule has 0 unspecified atom stereocenters. The Morgan fingerprint density at radius 2 is 1.78 bits per heavy atom. The summed E-state index contributed by atoms with van der Waals surface area (Å²) in [5.41, 5.74) is 1.99.